The molecule has 0 aliphatic heterocycles. The molecule has 1 atom stereocenters. The predicted octanol–water partition coefficient (Wildman–Crippen LogP) is 2.81. The van der Waals surface area contributed by atoms with Gasteiger partial charge in [0.05, 0.1) is 5.92 Å². The van der Waals surface area contributed by atoms with Crippen LogP contribution in [0.15, 0.2) is 48.5 Å². The van der Waals surface area contributed by atoms with Gasteiger partial charge in [-0.3, -0.25) is 9.59 Å². The molecule has 0 spiro atoms. The van der Waals surface area contributed by atoms with Gasteiger partial charge in [-0.1, -0.05) is 30.3 Å². The molecule has 0 aliphatic rings. The Balaban J connectivity index is 2.42. The highest BCUT2D eigenvalue weighted by Crippen LogP contribution is 2.27. The maximum atomic E-state index is 12.3. The van der Waals surface area contributed by atoms with Crippen molar-refractivity contribution in [2.45, 2.75) is 12.8 Å². The molecule has 20 heavy (non-hydrogen) atoms. The van der Waals surface area contributed by atoms with E-state index in [-0.39, 0.29) is 17.1 Å². The number of hydrogen-bond acceptors (Lipinski definition) is 3. The van der Waals surface area contributed by atoms with Gasteiger partial charge in [-0.05, 0) is 25.1 Å². The monoisotopic (exact) mass is 270 g/mol. The van der Waals surface area contributed by atoms with E-state index in [0.717, 1.165) is 0 Å². The molecular weight excluding hydrogens is 256 g/mol. The Morgan fingerprint density at radius 2 is 1.65 bits per heavy atom. The van der Waals surface area contributed by atoms with Crippen molar-refractivity contribution in [3.05, 3.63) is 65.2 Å². The smallest absolute Gasteiger partial charge is 0.310 e. The fraction of sp³-hybridized carbons (Fsp3) is 0.125. The van der Waals surface area contributed by atoms with Crippen LogP contribution in [0.2, 0.25) is 0 Å². The van der Waals surface area contributed by atoms with Crippen LogP contribution in [0.25, 0.3) is 0 Å². The summed E-state index contributed by atoms with van der Waals surface area (Å²) < 4.78 is 0. The van der Waals surface area contributed by atoms with Crippen molar-refractivity contribution in [3.8, 4) is 5.75 Å². The summed E-state index contributed by atoms with van der Waals surface area (Å²) in [5.74, 6) is -2.25. The molecule has 2 aromatic rings. The summed E-state index contributed by atoms with van der Waals surface area (Å²) in [7, 11) is 0. The lowest BCUT2D eigenvalue weighted by molar-refractivity contribution is -0.138. The van der Waals surface area contributed by atoms with E-state index in [2.05, 4.69) is 0 Å². The summed E-state index contributed by atoms with van der Waals surface area (Å²) in [4.78, 5) is 23.3. The molecule has 0 aliphatic carbocycles. The second-order valence-electron chi connectivity index (χ2n) is 4.53. The molecule has 0 radical (unpaired) electrons. The van der Waals surface area contributed by atoms with Crippen LogP contribution in [-0.2, 0) is 4.79 Å². The number of aromatic hydroxyl groups is 1. The minimum atomic E-state index is -1.05. The Morgan fingerprint density at radius 3 is 2.25 bits per heavy atom. The second-order valence-corrected chi connectivity index (χ2v) is 4.53. The van der Waals surface area contributed by atoms with Gasteiger partial charge in [0.15, 0.2) is 5.78 Å². The number of carboxylic acid groups (broad SMARTS) is 1. The van der Waals surface area contributed by atoms with Crippen LogP contribution in [0.3, 0.4) is 0 Å². The van der Waals surface area contributed by atoms with Gasteiger partial charge < -0.3 is 10.2 Å². The largest absolute Gasteiger partial charge is 0.508 e. The first-order valence-corrected chi connectivity index (χ1v) is 6.16. The molecule has 0 bridgehead atoms. The van der Waals surface area contributed by atoms with Gasteiger partial charge >= 0.3 is 5.97 Å². The molecule has 102 valence electrons. The van der Waals surface area contributed by atoms with E-state index < -0.39 is 11.9 Å². The highest BCUT2D eigenvalue weighted by atomic mass is 16.4. The van der Waals surface area contributed by atoms with Crippen LogP contribution in [0.4, 0.5) is 0 Å². The Kier molecular flexibility index (Phi) is 3.84. The summed E-state index contributed by atoms with van der Waals surface area (Å²) in [6.45, 7) is 1.47. The van der Waals surface area contributed by atoms with Gasteiger partial charge in [0.1, 0.15) is 5.75 Å². The molecule has 0 heterocycles. The van der Waals surface area contributed by atoms with Gasteiger partial charge in [0.25, 0.3) is 0 Å². The number of carboxylic acids is 1. The van der Waals surface area contributed by atoms with E-state index in [1.54, 1.807) is 24.3 Å². The molecule has 0 saturated heterocycles. The van der Waals surface area contributed by atoms with Gasteiger partial charge in [-0.25, -0.2) is 0 Å². The summed E-state index contributed by atoms with van der Waals surface area (Å²) >= 11 is 0. The van der Waals surface area contributed by atoms with E-state index in [1.165, 1.54) is 25.1 Å². The average Bonchev–Trinajstić information content (AvgIpc) is 2.47. The number of aliphatic carboxylic acids is 1. The Labute approximate surface area is 116 Å². The zero-order valence-corrected chi connectivity index (χ0v) is 10.9. The SMILES string of the molecule is C[C@H](C(=O)O)c1cc(C(=O)c2ccccc2)ccc1O. The normalized spacial score (nSPS) is 11.8. The predicted molar refractivity (Wildman–Crippen MR) is 74.0 cm³/mol. The second kappa shape index (κ2) is 5.57. The Hall–Kier alpha value is -2.62. The molecule has 2 aromatic carbocycles. The number of carbonyl (C=O) groups is 2. The number of phenols is 1. The molecule has 0 fully saturated rings. The first-order valence-electron chi connectivity index (χ1n) is 6.16. The number of rotatable bonds is 4. The van der Waals surface area contributed by atoms with Gasteiger partial charge in [0, 0.05) is 16.7 Å². The fourth-order valence-electron chi connectivity index (χ4n) is 1.93. The molecule has 4 heteroatoms. The van der Waals surface area contributed by atoms with Gasteiger partial charge in [-0.15, -0.1) is 0 Å². The van der Waals surface area contributed by atoms with E-state index >= 15 is 0 Å². The zero-order valence-electron chi connectivity index (χ0n) is 10.9. The van der Waals surface area contributed by atoms with Crippen LogP contribution in [-0.4, -0.2) is 22.0 Å². The van der Waals surface area contributed by atoms with Crippen LogP contribution in [0.1, 0.15) is 34.3 Å². The summed E-state index contributed by atoms with van der Waals surface area (Å²) in [6, 6.07) is 13.0. The molecule has 0 aromatic heterocycles. The van der Waals surface area contributed by atoms with E-state index in [4.69, 9.17) is 5.11 Å². The molecule has 4 nitrogen and oxygen atoms in total. The average molecular weight is 270 g/mol. The summed E-state index contributed by atoms with van der Waals surface area (Å²) in [5, 5.41) is 18.7. The highest BCUT2D eigenvalue weighted by Gasteiger charge is 2.19. The van der Waals surface area contributed by atoms with Crippen molar-refractivity contribution in [3.63, 3.8) is 0 Å². The lowest BCUT2D eigenvalue weighted by Gasteiger charge is -2.11. The number of ketones is 1. The van der Waals surface area contributed by atoms with Crippen molar-refractivity contribution in [2.24, 2.45) is 0 Å². The fourth-order valence-corrected chi connectivity index (χ4v) is 1.93. The van der Waals surface area contributed by atoms with Gasteiger partial charge in [-0.2, -0.15) is 0 Å². The van der Waals surface area contributed by atoms with Crippen molar-refractivity contribution in [1.82, 2.24) is 0 Å². The minimum Gasteiger partial charge on any atom is -0.508 e. The third kappa shape index (κ3) is 2.69. The van der Waals surface area contributed by atoms with Crippen LogP contribution in [0.5, 0.6) is 5.75 Å². The number of benzene rings is 2. The summed E-state index contributed by atoms with van der Waals surface area (Å²) in [5.41, 5.74) is 1.11. The molecule has 2 rings (SSSR count). The minimum absolute atomic E-state index is 0.121. The maximum absolute atomic E-state index is 12.3. The zero-order chi connectivity index (χ0) is 14.7. The first-order chi connectivity index (χ1) is 9.50. The van der Waals surface area contributed by atoms with Gasteiger partial charge in [0.2, 0.25) is 0 Å². The van der Waals surface area contributed by atoms with E-state index in [1.807, 2.05) is 6.07 Å². The highest BCUT2D eigenvalue weighted by molar-refractivity contribution is 6.09. The van der Waals surface area contributed by atoms with E-state index in [9.17, 15) is 14.7 Å². The van der Waals surface area contributed by atoms with E-state index in [0.29, 0.717) is 11.1 Å². The number of carbonyl (C=O) groups excluding carboxylic acids is 1. The van der Waals surface area contributed by atoms with Crippen LogP contribution in [0, 0.1) is 0 Å². The quantitative estimate of drug-likeness (QED) is 0.838. The van der Waals surface area contributed by atoms with Crippen molar-refractivity contribution in [2.75, 3.05) is 0 Å². The lowest BCUT2D eigenvalue weighted by Crippen LogP contribution is -2.09. The maximum Gasteiger partial charge on any atom is 0.310 e. The molecule has 0 saturated carbocycles. The van der Waals surface area contributed by atoms with Crippen molar-refractivity contribution in [1.29, 1.82) is 0 Å². The van der Waals surface area contributed by atoms with Crippen molar-refractivity contribution >= 4 is 11.8 Å². The van der Waals surface area contributed by atoms with Crippen molar-refractivity contribution < 1.29 is 19.8 Å². The molecule has 0 unspecified atom stereocenters. The molecular formula is C16H14O4. The summed E-state index contributed by atoms with van der Waals surface area (Å²) in [6.07, 6.45) is 0. The topological polar surface area (TPSA) is 74.6 Å². The van der Waals surface area contributed by atoms with Crippen LogP contribution >= 0.6 is 0 Å². The third-order valence-corrected chi connectivity index (χ3v) is 3.16. The lowest BCUT2D eigenvalue weighted by atomic mass is 9.95. The Bertz CT molecular complexity index is 647. The van der Waals surface area contributed by atoms with Crippen LogP contribution < -0.4 is 0 Å². The molecule has 0 amide bonds. The number of phenolic OH excluding ortho intramolecular Hbond substituents is 1. The Morgan fingerprint density at radius 1 is 1.00 bits per heavy atom. The number of hydrogen-bond donors (Lipinski definition) is 2. The third-order valence-electron chi connectivity index (χ3n) is 3.16. The first kappa shape index (κ1) is 13.8. The molecule has 2 N–H and O–H groups in total. The standard InChI is InChI=1S/C16H14O4/c1-10(16(19)20)13-9-12(7-8-14(13)17)15(18)11-5-3-2-4-6-11/h2-10,17H,1H3,(H,19,20)/t10-/m0/s1.